The van der Waals surface area contributed by atoms with Gasteiger partial charge in [0.15, 0.2) is 0 Å². The third kappa shape index (κ3) is 1.96. The summed E-state index contributed by atoms with van der Waals surface area (Å²) >= 11 is 0. The van der Waals surface area contributed by atoms with Gasteiger partial charge in [0.25, 0.3) is 0 Å². The fourth-order valence-corrected chi connectivity index (χ4v) is 1.21. The molecule has 1 aliphatic rings. The van der Waals surface area contributed by atoms with Crippen molar-refractivity contribution < 1.29 is 4.74 Å². The van der Waals surface area contributed by atoms with E-state index in [0.717, 1.165) is 26.2 Å². The molecule has 0 spiro atoms. The fourth-order valence-electron chi connectivity index (χ4n) is 1.21. The highest BCUT2D eigenvalue weighted by molar-refractivity contribution is 4.82. The van der Waals surface area contributed by atoms with Gasteiger partial charge in [0.1, 0.15) is 0 Å². The molecule has 0 aromatic carbocycles. The van der Waals surface area contributed by atoms with Crippen molar-refractivity contribution in [1.29, 1.82) is 0 Å². The minimum Gasteiger partial charge on any atom is -0.380 e. The van der Waals surface area contributed by atoms with Gasteiger partial charge in [-0.05, 0) is 19.8 Å². The zero-order valence-corrected chi connectivity index (χ0v) is 6.94. The molecule has 0 radical (unpaired) electrons. The molecule has 1 N–H and O–H groups in total. The molecule has 0 aromatic rings. The molecule has 60 valence electrons. The van der Waals surface area contributed by atoms with Gasteiger partial charge in [-0.1, -0.05) is 6.92 Å². The molecule has 1 atom stereocenters. The zero-order valence-electron chi connectivity index (χ0n) is 6.94. The molecule has 0 bridgehead atoms. The van der Waals surface area contributed by atoms with Crippen LogP contribution in [0, 0.1) is 0 Å². The van der Waals surface area contributed by atoms with Gasteiger partial charge in [-0.3, -0.25) is 0 Å². The summed E-state index contributed by atoms with van der Waals surface area (Å²) in [5.74, 6) is 0. The lowest BCUT2D eigenvalue weighted by atomic mass is 9.95. The van der Waals surface area contributed by atoms with Crippen LogP contribution in [0.4, 0.5) is 0 Å². The van der Waals surface area contributed by atoms with Crippen LogP contribution in [0.1, 0.15) is 26.7 Å². The molecule has 0 amide bonds. The highest BCUT2D eigenvalue weighted by Crippen LogP contribution is 2.15. The average Bonchev–Trinajstić information content (AvgIpc) is 2.15. The number of nitrogens with one attached hydrogen (secondary N) is 1. The van der Waals surface area contributed by atoms with Crippen LogP contribution in [0.15, 0.2) is 0 Å². The van der Waals surface area contributed by atoms with Crippen LogP contribution in [-0.4, -0.2) is 25.3 Å². The second-order valence-corrected chi connectivity index (χ2v) is 3.20. The van der Waals surface area contributed by atoms with Crippen molar-refractivity contribution in [2.45, 2.75) is 32.2 Å². The Kier molecular flexibility index (Phi) is 2.69. The lowest BCUT2D eigenvalue weighted by Crippen LogP contribution is -2.41. The maximum Gasteiger partial charge on any atom is 0.0591 e. The van der Waals surface area contributed by atoms with Crippen LogP contribution in [0.25, 0.3) is 0 Å². The molecular formula is C8H17NO. The van der Waals surface area contributed by atoms with Gasteiger partial charge in [0.05, 0.1) is 6.61 Å². The van der Waals surface area contributed by atoms with Crippen LogP contribution in [0.3, 0.4) is 0 Å². The van der Waals surface area contributed by atoms with Crippen LogP contribution in [-0.2, 0) is 4.74 Å². The average molecular weight is 143 g/mol. The van der Waals surface area contributed by atoms with Crippen molar-refractivity contribution in [2.24, 2.45) is 0 Å². The van der Waals surface area contributed by atoms with E-state index in [0.29, 0.717) is 5.54 Å². The first-order valence-corrected chi connectivity index (χ1v) is 4.10. The first-order valence-electron chi connectivity index (χ1n) is 4.10. The summed E-state index contributed by atoms with van der Waals surface area (Å²) in [6, 6.07) is 0. The molecular weight excluding hydrogens is 126 g/mol. The number of hydrogen-bond donors (Lipinski definition) is 1. The zero-order chi connectivity index (χ0) is 7.45. The number of hydrogen-bond acceptors (Lipinski definition) is 2. The van der Waals surface area contributed by atoms with Crippen LogP contribution >= 0.6 is 0 Å². The highest BCUT2D eigenvalue weighted by Gasteiger charge is 2.22. The van der Waals surface area contributed by atoms with E-state index in [2.05, 4.69) is 19.2 Å². The van der Waals surface area contributed by atoms with E-state index in [1.165, 1.54) is 6.42 Å². The van der Waals surface area contributed by atoms with E-state index < -0.39 is 0 Å². The van der Waals surface area contributed by atoms with Gasteiger partial charge in [-0.15, -0.1) is 0 Å². The van der Waals surface area contributed by atoms with Crippen molar-refractivity contribution in [1.82, 2.24) is 5.32 Å². The summed E-state index contributed by atoms with van der Waals surface area (Å²) in [5.41, 5.74) is 0.330. The predicted octanol–water partition coefficient (Wildman–Crippen LogP) is 1.17. The van der Waals surface area contributed by atoms with E-state index in [1.807, 2.05) is 0 Å². The van der Waals surface area contributed by atoms with E-state index >= 15 is 0 Å². The highest BCUT2D eigenvalue weighted by atomic mass is 16.5. The molecule has 0 aliphatic carbocycles. The summed E-state index contributed by atoms with van der Waals surface area (Å²) in [6.07, 6.45) is 2.33. The summed E-state index contributed by atoms with van der Waals surface area (Å²) in [7, 11) is 0. The fraction of sp³-hybridized carbons (Fsp3) is 1.00. The third-order valence-corrected chi connectivity index (χ3v) is 2.38. The van der Waals surface area contributed by atoms with Crippen molar-refractivity contribution in [3.8, 4) is 0 Å². The maximum absolute atomic E-state index is 5.33. The Labute approximate surface area is 63.0 Å². The summed E-state index contributed by atoms with van der Waals surface area (Å²) in [5, 5.41) is 3.48. The summed E-state index contributed by atoms with van der Waals surface area (Å²) in [4.78, 5) is 0. The minimum absolute atomic E-state index is 0.330. The van der Waals surface area contributed by atoms with E-state index in [1.54, 1.807) is 0 Å². The predicted molar refractivity (Wildman–Crippen MR) is 42.1 cm³/mol. The van der Waals surface area contributed by atoms with Gasteiger partial charge < -0.3 is 10.1 Å². The molecule has 1 saturated heterocycles. The van der Waals surface area contributed by atoms with Gasteiger partial charge in [0, 0.05) is 18.7 Å². The molecule has 1 rings (SSSR count). The normalized spacial score (nSPS) is 35.4. The van der Waals surface area contributed by atoms with Crippen molar-refractivity contribution in [3.63, 3.8) is 0 Å². The molecule has 1 aliphatic heterocycles. The smallest absolute Gasteiger partial charge is 0.0591 e. The first kappa shape index (κ1) is 8.02. The largest absolute Gasteiger partial charge is 0.380 e. The molecule has 2 nitrogen and oxygen atoms in total. The van der Waals surface area contributed by atoms with E-state index in [4.69, 9.17) is 4.74 Å². The van der Waals surface area contributed by atoms with Crippen molar-refractivity contribution in [3.05, 3.63) is 0 Å². The Hall–Kier alpha value is -0.0800. The molecule has 1 heterocycles. The Morgan fingerprint density at radius 2 is 2.30 bits per heavy atom. The van der Waals surface area contributed by atoms with Gasteiger partial charge >= 0.3 is 0 Å². The number of ether oxygens (including phenoxy) is 1. The maximum atomic E-state index is 5.33. The van der Waals surface area contributed by atoms with Gasteiger partial charge in [-0.25, -0.2) is 0 Å². The summed E-state index contributed by atoms with van der Waals surface area (Å²) in [6.45, 7) is 7.28. The third-order valence-electron chi connectivity index (χ3n) is 2.38. The quantitative estimate of drug-likeness (QED) is 0.595. The minimum atomic E-state index is 0.330. The molecule has 2 heteroatoms. The molecule has 1 unspecified atom stereocenters. The monoisotopic (exact) mass is 143 g/mol. The lowest BCUT2D eigenvalue weighted by molar-refractivity contribution is 0.145. The lowest BCUT2D eigenvalue weighted by Gasteiger charge is -2.26. The second kappa shape index (κ2) is 3.35. The van der Waals surface area contributed by atoms with Crippen LogP contribution < -0.4 is 5.32 Å². The van der Waals surface area contributed by atoms with Gasteiger partial charge in [0.2, 0.25) is 0 Å². The van der Waals surface area contributed by atoms with Crippen molar-refractivity contribution in [2.75, 3.05) is 19.8 Å². The molecule has 0 saturated carbocycles. The number of rotatable bonds is 1. The molecule has 10 heavy (non-hydrogen) atoms. The topological polar surface area (TPSA) is 21.3 Å². The Morgan fingerprint density at radius 3 is 3.00 bits per heavy atom. The molecule has 0 aromatic heterocycles. The summed E-state index contributed by atoms with van der Waals surface area (Å²) < 4.78 is 5.33. The van der Waals surface area contributed by atoms with E-state index in [9.17, 15) is 0 Å². The van der Waals surface area contributed by atoms with Crippen LogP contribution in [0.5, 0.6) is 0 Å². The molecule has 1 fully saturated rings. The van der Waals surface area contributed by atoms with Crippen molar-refractivity contribution >= 4 is 0 Å². The Bertz CT molecular complexity index is 95.4. The van der Waals surface area contributed by atoms with E-state index in [-0.39, 0.29) is 0 Å². The standard InChI is InChI=1S/C8H17NO/c1-3-8(2)4-6-10-7-5-9-8/h9H,3-7H2,1-2H3. The SMILES string of the molecule is CCC1(C)CCOCCN1. The van der Waals surface area contributed by atoms with Crippen LogP contribution in [0.2, 0.25) is 0 Å². The Balaban J connectivity index is 2.41. The second-order valence-electron chi connectivity index (χ2n) is 3.20. The van der Waals surface area contributed by atoms with Gasteiger partial charge in [-0.2, -0.15) is 0 Å². The first-order chi connectivity index (χ1) is 4.77. The Morgan fingerprint density at radius 1 is 1.50 bits per heavy atom.